The standard InChI is InChI=1S/C18H14F3NO3/c1-25-16(23)10-7-12-5-8-15(9-6-12)22-17(24)13-3-2-4-14(11-13)18(19,20)21/h2-11H,1H3,(H,22,24)/b10-7+. The molecule has 0 saturated carbocycles. The number of carbonyl (C=O) groups is 2. The molecule has 25 heavy (non-hydrogen) atoms. The molecule has 0 spiro atoms. The summed E-state index contributed by atoms with van der Waals surface area (Å²) in [7, 11) is 1.26. The number of rotatable bonds is 4. The molecule has 0 aliphatic rings. The van der Waals surface area contributed by atoms with Crippen LogP contribution in [0.15, 0.2) is 54.6 Å². The summed E-state index contributed by atoms with van der Waals surface area (Å²) in [5, 5.41) is 2.52. The summed E-state index contributed by atoms with van der Waals surface area (Å²) in [5.41, 5.74) is 0.132. The van der Waals surface area contributed by atoms with Crippen molar-refractivity contribution < 1.29 is 27.5 Å². The fourth-order valence-electron chi connectivity index (χ4n) is 1.95. The zero-order valence-electron chi connectivity index (χ0n) is 13.1. The number of alkyl halides is 3. The van der Waals surface area contributed by atoms with E-state index in [0.717, 1.165) is 12.1 Å². The van der Waals surface area contributed by atoms with Gasteiger partial charge >= 0.3 is 12.1 Å². The normalized spacial score (nSPS) is 11.4. The third kappa shape index (κ3) is 5.20. The van der Waals surface area contributed by atoms with E-state index in [1.807, 2.05) is 0 Å². The molecular formula is C18H14F3NO3. The fourth-order valence-corrected chi connectivity index (χ4v) is 1.95. The number of halogens is 3. The van der Waals surface area contributed by atoms with Gasteiger partial charge in [0.1, 0.15) is 0 Å². The lowest BCUT2D eigenvalue weighted by atomic mass is 10.1. The molecule has 2 aromatic rings. The number of amides is 1. The molecule has 0 unspecified atom stereocenters. The Morgan fingerprint density at radius 3 is 2.36 bits per heavy atom. The molecule has 4 nitrogen and oxygen atoms in total. The van der Waals surface area contributed by atoms with Gasteiger partial charge in [-0.15, -0.1) is 0 Å². The van der Waals surface area contributed by atoms with Gasteiger partial charge in [-0.1, -0.05) is 18.2 Å². The highest BCUT2D eigenvalue weighted by molar-refractivity contribution is 6.04. The maximum atomic E-state index is 12.7. The lowest BCUT2D eigenvalue weighted by Gasteiger charge is -2.09. The fraction of sp³-hybridized carbons (Fsp3) is 0.111. The lowest BCUT2D eigenvalue weighted by Crippen LogP contribution is -2.13. The summed E-state index contributed by atoms with van der Waals surface area (Å²) < 4.78 is 42.5. The minimum Gasteiger partial charge on any atom is -0.466 e. The van der Waals surface area contributed by atoms with Gasteiger partial charge in [0.15, 0.2) is 0 Å². The van der Waals surface area contributed by atoms with Crippen LogP contribution < -0.4 is 5.32 Å². The first-order chi connectivity index (χ1) is 11.8. The Kier molecular flexibility index (Phi) is 5.59. The predicted octanol–water partition coefficient (Wildman–Crippen LogP) is 4.14. The SMILES string of the molecule is COC(=O)/C=C/c1ccc(NC(=O)c2cccc(C(F)(F)F)c2)cc1. The van der Waals surface area contributed by atoms with Crippen LogP contribution in [0, 0.1) is 0 Å². The molecule has 0 bridgehead atoms. The number of hydrogen-bond donors (Lipinski definition) is 1. The van der Waals surface area contributed by atoms with Gasteiger partial charge in [0.2, 0.25) is 0 Å². The van der Waals surface area contributed by atoms with E-state index in [-0.39, 0.29) is 5.56 Å². The number of hydrogen-bond acceptors (Lipinski definition) is 3. The van der Waals surface area contributed by atoms with Crippen LogP contribution in [0.1, 0.15) is 21.5 Å². The average molecular weight is 349 g/mol. The van der Waals surface area contributed by atoms with Gasteiger partial charge in [-0.25, -0.2) is 4.79 Å². The van der Waals surface area contributed by atoms with Crippen LogP contribution in [0.4, 0.5) is 18.9 Å². The van der Waals surface area contributed by atoms with Crippen LogP contribution >= 0.6 is 0 Å². The quantitative estimate of drug-likeness (QED) is 0.667. The van der Waals surface area contributed by atoms with Crippen molar-refractivity contribution in [3.8, 4) is 0 Å². The Morgan fingerprint density at radius 1 is 1.08 bits per heavy atom. The van der Waals surface area contributed by atoms with Gasteiger partial charge in [-0.05, 0) is 42.0 Å². The van der Waals surface area contributed by atoms with Crippen molar-refractivity contribution in [2.45, 2.75) is 6.18 Å². The second-order valence-electron chi connectivity index (χ2n) is 5.01. The molecule has 130 valence electrons. The second kappa shape index (κ2) is 7.65. The number of anilines is 1. The largest absolute Gasteiger partial charge is 0.466 e. The molecule has 2 aromatic carbocycles. The maximum absolute atomic E-state index is 12.7. The molecule has 1 N–H and O–H groups in total. The van der Waals surface area contributed by atoms with E-state index in [1.54, 1.807) is 24.3 Å². The van der Waals surface area contributed by atoms with Crippen molar-refractivity contribution in [1.29, 1.82) is 0 Å². The first-order valence-electron chi connectivity index (χ1n) is 7.14. The number of esters is 1. The van der Waals surface area contributed by atoms with Gasteiger partial charge in [-0.2, -0.15) is 13.2 Å². The summed E-state index contributed by atoms with van der Waals surface area (Å²) >= 11 is 0. The monoisotopic (exact) mass is 349 g/mol. The van der Waals surface area contributed by atoms with E-state index >= 15 is 0 Å². The highest BCUT2D eigenvalue weighted by Crippen LogP contribution is 2.29. The third-order valence-electron chi connectivity index (χ3n) is 3.23. The molecule has 0 aromatic heterocycles. The third-order valence-corrected chi connectivity index (χ3v) is 3.23. The van der Waals surface area contributed by atoms with Gasteiger partial charge in [-0.3, -0.25) is 4.79 Å². The first-order valence-corrected chi connectivity index (χ1v) is 7.14. The summed E-state index contributed by atoms with van der Waals surface area (Å²) in [5.74, 6) is -1.15. The van der Waals surface area contributed by atoms with Crippen LogP contribution in [0.25, 0.3) is 6.08 Å². The second-order valence-corrected chi connectivity index (χ2v) is 5.01. The molecule has 0 aliphatic carbocycles. The molecule has 0 heterocycles. The number of ether oxygens (including phenoxy) is 1. The molecule has 0 saturated heterocycles. The first kappa shape index (κ1) is 18.3. The van der Waals surface area contributed by atoms with Crippen LogP contribution in [-0.4, -0.2) is 19.0 Å². The minimum absolute atomic E-state index is 0.0931. The molecular weight excluding hydrogens is 335 g/mol. The van der Waals surface area contributed by atoms with E-state index in [1.165, 1.54) is 31.4 Å². The van der Waals surface area contributed by atoms with Gasteiger partial charge in [0.05, 0.1) is 12.7 Å². The summed E-state index contributed by atoms with van der Waals surface area (Å²) in [6.45, 7) is 0. The van der Waals surface area contributed by atoms with Gasteiger partial charge in [0, 0.05) is 17.3 Å². The Balaban J connectivity index is 2.08. The smallest absolute Gasteiger partial charge is 0.416 e. The van der Waals surface area contributed by atoms with E-state index in [2.05, 4.69) is 10.1 Å². The summed E-state index contributed by atoms with van der Waals surface area (Å²) in [6.07, 6.45) is -1.73. The van der Waals surface area contributed by atoms with Crippen LogP contribution in [0.2, 0.25) is 0 Å². The zero-order chi connectivity index (χ0) is 18.4. The highest BCUT2D eigenvalue weighted by atomic mass is 19.4. The lowest BCUT2D eigenvalue weighted by molar-refractivity contribution is -0.137. The van der Waals surface area contributed by atoms with Crippen LogP contribution in [0.3, 0.4) is 0 Å². The van der Waals surface area contributed by atoms with Crippen molar-refractivity contribution >= 4 is 23.6 Å². The predicted molar refractivity (Wildman–Crippen MR) is 86.9 cm³/mol. The van der Waals surface area contributed by atoms with Crippen molar-refractivity contribution in [2.75, 3.05) is 12.4 Å². The number of nitrogens with one attached hydrogen (secondary N) is 1. The zero-order valence-corrected chi connectivity index (χ0v) is 13.1. The van der Waals surface area contributed by atoms with E-state index < -0.39 is 23.6 Å². The highest BCUT2D eigenvalue weighted by Gasteiger charge is 2.30. The van der Waals surface area contributed by atoms with Crippen molar-refractivity contribution in [3.63, 3.8) is 0 Å². The average Bonchev–Trinajstić information content (AvgIpc) is 2.60. The van der Waals surface area contributed by atoms with Crippen LogP contribution in [0.5, 0.6) is 0 Å². The Labute approximate surface area is 141 Å². The molecule has 0 fully saturated rings. The number of carbonyl (C=O) groups excluding carboxylic acids is 2. The topological polar surface area (TPSA) is 55.4 Å². The van der Waals surface area contributed by atoms with Crippen molar-refractivity contribution in [3.05, 3.63) is 71.3 Å². The Bertz CT molecular complexity index is 796. The molecule has 1 amide bonds. The van der Waals surface area contributed by atoms with Gasteiger partial charge < -0.3 is 10.1 Å². The maximum Gasteiger partial charge on any atom is 0.416 e. The minimum atomic E-state index is -4.51. The molecule has 0 radical (unpaired) electrons. The number of benzene rings is 2. The van der Waals surface area contributed by atoms with E-state index in [9.17, 15) is 22.8 Å². The molecule has 2 rings (SSSR count). The molecule has 0 aliphatic heterocycles. The summed E-state index contributed by atoms with van der Waals surface area (Å²) in [6, 6.07) is 10.6. The van der Waals surface area contributed by atoms with Gasteiger partial charge in [0.25, 0.3) is 5.91 Å². The molecule has 0 atom stereocenters. The molecule has 7 heteroatoms. The van der Waals surface area contributed by atoms with Crippen molar-refractivity contribution in [1.82, 2.24) is 0 Å². The Morgan fingerprint density at radius 2 is 1.76 bits per heavy atom. The van der Waals surface area contributed by atoms with E-state index in [4.69, 9.17) is 0 Å². The van der Waals surface area contributed by atoms with Crippen LogP contribution in [-0.2, 0) is 15.7 Å². The number of methoxy groups -OCH3 is 1. The Hall–Kier alpha value is -3.09. The van der Waals surface area contributed by atoms with Crippen molar-refractivity contribution in [2.24, 2.45) is 0 Å². The summed E-state index contributed by atoms with van der Waals surface area (Å²) in [4.78, 5) is 23.1. The van der Waals surface area contributed by atoms with E-state index in [0.29, 0.717) is 11.3 Å².